The van der Waals surface area contributed by atoms with Crippen LogP contribution in [0.1, 0.15) is 12.5 Å². The molecule has 0 unspecified atom stereocenters. The predicted octanol–water partition coefficient (Wildman–Crippen LogP) is 5.55. The van der Waals surface area contributed by atoms with E-state index in [1.807, 2.05) is 54.1 Å². The molecule has 7 nitrogen and oxygen atoms in total. The van der Waals surface area contributed by atoms with Gasteiger partial charge in [0.25, 0.3) is 11.1 Å². The smallest absolute Gasteiger partial charge is 0.290 e. The monoisotopic (exact) mass is 529 g/mol. The van der Waals surface area contributed by atoms with Gasteiger partial charge in [0.1, 0.15) is 12.4 Å². The Labute approximate surface area is 222 Å². The summed E-state index contributed by atoms with van der Waals surface area (Å²) in [5.41, 5.74) is 4.18. The number of ether oxygens (including phenoxy) is 1. The molecule has 192 valence electrons. The lowest BCUT2D eigenvalue weighted by Crippen LogP contribution is -2.19. The highest BCUT2D eigenvalue weighted by Gasteiger charge is 2.27. The Morgan fingerprint density at radius 1 is 1.00 bits per heavy atom. The maximum Gasteiger partial charge on any atom is 0.290 e. The van der Waals surface area contributed by atoms with E-state index in [9.17, 15) is 18.8 Å². The van der Waals surface area contributed by atoms with E-state index in [4.69, 9.17) is 4.74 Å². The number of nitrogens with zero attached hydrogens (tertiary/aromatic N) is 1. The molecular weight excluding hydrogens is 505 g/mol. The zero-order valence-corrected chi connectivity index (χ0v) is 21.5. The van der Waals surface area contributed by atoms with Crippen LogP contribution in [0.4, 0.5) is 14.9 Å². The fourth-order valence-corrected chi connectivity index (χ4v) is 5.15. The summed E-state index contributed by atoms with van der Waals surface area (Å²) in [7, 11) is 1.86. The molecule has 1 fully saturated rings. The van der Waals surface area contributed by atoms with Crippen molar-refractivity contribution >= 4 is 45.1 Å². The fraction of sp³-hybridized carbons (Fsp3) is 0.138. The Morgan fingerprint density at radius 2 is 1.71 bits per heavy atom. The van der Waals surface area contributed by atoms with Crippen LogP contribution in [0.15, 0.2) is 82.5 Å². The number of aryl methyl sites for hydroxylation is 1. The van der Waals surface area contributed by atoms with Gasteiger partial charge in [-0.3, -0.25) is 19.7 Å². The highest BCUT2D eigenvalue weighted by molar-refractivity contribution is 8.18. The summed E-state index contributed by atoms with van der Waals surface area (Å²) in [6.07, 6.45) is 0. The van der Waals surface area contributed by atoms with Gasteiger partial charge in [-0.1, -0.05) is 24.3 Å². The number of hydrogen-bond donors (Lipinski definition) is 2. The average Bonchev–Trinajstić information content (AvgIpc) is 3.27. The van der Waals surface area contributed by atoms with Crippen molar-refractivity contribution in [3.05, 3.63) is 99.3 Å². The number of hydrogen-bond acceptors (Lipinski definition) is 6. The van der Waals surface area contributed by atoms with Crippen LogP contribution < -0.4 is 20.8 Å². The molecule has 5 rings (SSSR count). The Hall–Kier alpha value is -4.37. The Bertz CT molecular complexity index is 1640. The number of imide groups is 1. The first kappa shape index (κ1) is 25.3. The summed E-state index contributed by atoms with van der Waals surface area (Å²) in [5.74, 6) is -0.529. The van der Waals surface area contributed by atoms with Gasteiger partial charge in [-0.2, -0.15) is 0 Å². The summed E-state index contributed by atoms with van der Waals surface area (Å²) in [6, 6.07) is 20.8. The minimum absolute atomic E-state index is 0.207. The van der Waals surface area contributed by atoms with Gasteiger partial charge >= 0.3 is 0 Å². The summed E-state index contributed by atoms with van der Waals surface area (Å²) < 4.78 is 21.5. The number of nitrogens with one attached hydrogen (secondary N) is 2. The average molecular weight is 530 g/mol. The van der Waals surface area contributed by atoms with E-state index in [1.165, 1.54) is 12.1 Å². The Balaban J connectivity index is 1.33. The van der Waals surface area contributed by atoms with Crippen molar-refractivity contribution < 1.29 is 18.7 Å². The number of carbonyl (C=O) groups is 2. The van der Waals surface area contributed by atoms with Crippen LogP contribution in [-0.4, -0.2) is 28.9 Å². The number of pyridine rings is 1. The van der Waals surface area contributed by atoms with Crippen molar-refractivity contribution in [1.82, 2.24) is 9.88 Å². The van der Waals surface area contributed by atoms with Gasteiger partial charge < -0.3 is 14.6 Å². The third kappa shape index (κ3) is 4.92. The lowest BCUT2D eigenvalue weighted by atomic mass is 10.1. The highest BCUT2D eigenvalue weighted by Crippen LogP contribution is 2.32. The molecule has 0 aliphatic carbocycles. The quantitative estimate of drug-likeness (QED) is 0.241. The molecule has 2 heterocycles. The van der Waals surface area contributed by atoms with Crippen LogP contribution in [-0.2, 0) is 11.8 Å². The summed E-state index contributed by atoms with van der Waals surface area (Å²) in [6.45, 7) is 2.44. The van der Waals surface area contributed by atoms with Crippen LogP contribution >= 0.6 is 11.8 Å². The summed E-state index contributed by atoms with van der Waals surface area (Å²) >= 11 is 0.900. The number of amides is 2. The van der Waals surface area contributed by atoms with E-state index < -0.39 is 0 Å². The second-order valence-electron chi connectivity index (χ2n) is 8.74. The Morgan fingerprint density at radius 3 is 2.39 bits per heavy atom. The number of allylic oxidation sites excluding steroid dienone is 1. The zero-order chi connectivity index (χ0) is 26.8. The predicted molar refractivity (Wildman–Crippen MR) is 149 cm³/mol. The van der Waals surface area contributed by atoms with Gasteiger partial charge in [0.15, 0.2) is 5.75 Å². The van der Waals surface area contributed by atoms with Crippen LogP contribution in [0, 0.1) is 5.82 Å². The third-order valence-corrected chi connectivity index (χ3v) is 7.32. The van der Waals surface area contributed by atoms with E-state index in [0.717, 1.165) is 34.1 Å². The van der Waals surface area contributed by atoms with E-state index in [-0.39, 0.29) is 34.7 Å². The molecule has 0 atom stereocenters. The number of para-hydroxylation sites is 1. The number of benzene rings is 3. The molecule has 4 aromatic rings. The molecule has 0 saturated carbocycles. The fourth-order valence-electron chi connectivity index (χ4n) is 4.41. The van der Waals surface area contributed by atoms with E-state index >= 15 is 0 Å². The minimum Gasteiger partial charge on any atom is -0.486 e. The van der Waals surface area contributed by atoms with E-state index in [2.05, 4.69) is 10.6 Å². The molecule has 1 aliphatic rings. The Kier molecular flexibility index (Phi) is 7.02. The van der Waals surface area contributed by atoms with Gasteiger partial charge in [0.05, 0.1) is 16.1 Å². The normalized spacial score (nSPS) is 14.5. The maximum atomic E-state index is 13.6. The van der Waals surface area contributed by atoms with Gasteiger partial charge in [-0.15, -0.1) is 0 Å². The van der Waals surface area contributed by atoms with Crippen LogP contribution in [0.25, 0.3) is 27.7 Å². The lowest BCUT2D eigenvalue weighted by Gasteiger charge is -2.18. The van der Waals surface area contributed by atoms with Gasteiger partial charge in [0, 0.05) is 30.2 Å². The molecule has 0 bridgehead atoms. The van der Waals surface area contributed by atoms with Crippen LogP contribution in [0.5, 0.6) is 5.75 Å². The summed E-state index contributed by atoms with van der Waals surface area (Å²) in [4.78, 5) is 37.2. The number of thioether (sulfide) groups is 1. The van der Waals surface area contributed by atoms with Crippen molar-refractivity contribution in [1.29, 1.82) is 0 Å². The second kappa shape index (κ2) is 10.5. The minimum atomic E-state index is -0.378. The number of rotatable bonds is 7. The van der Waals surface area contributed by atoms with Crippen molar-refractivity contribution in [3.8, 4) is 17.0 Å². The van der Waals surface area contributed by atoms with Crippen molar-refractivity contribution in [2.24, 2.45) is 7.05 Å². The van der Waals surface area contributed by atoms with Crippen molar-refractivity contribution in [3.63, 3.8) is 0 Å². The van der Waals surface area contributed by atoms with Crippen LogP contribution in [0.2, 0.25) is 0 Å². The lowest BCUT2D eigenvalue weighted by molar-refractivity contribution is -0.115. The van der Waals surface area contributed by atoms with Gasteiger partial charge in [-0.25, -0.2) is 4.39 Å². The number of aromatic nitrogens is 1. The summed E-state index contributed by atoms with van der Waals surface area (Å²) in [5, 5.41) is 5.71. The molecule has 1 saturated heterocycles. The number of carbonyl (C=O) groups excluding carboxylic acids is 2. The van der Waals surface area contributed by atoms with E-state index in [1.54, 1.807) is 25.1 Å². The van der Waals surface area contributed by atoms with E-state index in [0.29, 0.717) is 28.1 Å². The number of halogens is 1. The first-order valence-corrected chi connectivity index (χ1v) is 12.7. The molecule has 1 aliphatic heterocycles. The molecule has 9 heteroatoms. The molecule has 2 N–H and O–H groups in total. The molecule has 3 aromatic carbocycles. The molecule has 1 aromatic heterocycles. The topological polar surface area (TPSA) is 89.4 Å². The molecule has 38 heavy (non-hydrogen) atoms. The standard InChI is InChI=1S/C29H24FN3O4S/c1-17(27-28(35)32-29(36)38-27)18-9-13-21(14-10-18)31-15-16-37-26-24(19-7-11-20(30)12-8-19)33(2)23-6-4-3-5-22(23)25(26)34/h3-14,31H,15-16H2,1-2H3,(H,32,35,36)/b27-17+. The molecule has 2 amide bonds. The van der Waals surface area contributed by atoms with Crippen molar-refractivity contribution in [2.45, 2.75) is 6.92 Å². The number of fused-ring (bicyclic) bond motifs is 1. The largest absolute Gasteiger partial charge is 0.486 e. The molecular formula is C29H24FN3O4S. The first-order valence-electron chi connectivity index (χ1n) is 11.9. The maximum absolute atomic E-state index is 13.6. The molecule has 0 radical (unpaired) electrons. The van der Waals surface area contributed by atoms with Crippen LogP contribution in [0.3, 0.4) is 0 Å². The zero-order valence-electron chi connectivity index (χ0n) is 20.7. The number of anilines is 1. The van der Waals surface area contributed by atoms with Gasteiger partial charge in [-0.05, 0) is 78.4 Å². The first-order chi connectivity index (χ1) is 18.3. The second-order valence-corrected chi connectivity index (χ2v) is 9.72. The van der Waals surface area contributed by atoms with Gasteiger partial charge in [0.2, 0.25) is 5.43 Å². The molecule has 0 spiro atoms. The van der Waals surface area contributed by atoms with Crippen molar-refractivity contribution in [2.75, 3.05) is 18.5 Å². The third-order valence-electron chi connectivity index (χ3n) is 6.34. The highest BCUT2D eigenvalue weighted by atomic mass is 32.2. The SMILES string of the molecule is C/C(=C1\SC(=O)NC1=O)c1ccc(NCCOc2c(-c3ccc(F)cc3)n(C)c3ccccc3c2=O)cc1.